The fraction of sp³-hybridized carbons (Fsp3) is 0.267. The van der Waals surface area contributed by atoms with Gasteiger partial charge in [-0.3, -0.25) is 9.59 Å². The molecule has 0 aliphatic rings. The van der Waals surface area contributed by atoms with Crippen molar-refractivity contribution in [1.29, 1.82) is 0 Å². The number of carbonyl (C=O) groups excluding carboxylic acids is 1. The largest absolute Gasteiger partial charge is 0.310 e. The lowest BCUT2D eigenvalue weighted by Crippen LogP contribution is -2.35. The quantitative estimate of drug-likeness (QED) is 0.929. The number of carbonyl (C=O) groups is 1. The van der Waals surface area contributed by atoms with Gasteiger partial charge in [0, 0.05) is 18.4 Å². The number of nitrogens with one attached hydrogen (secondary N) is 1. The van der Waals surface area contributed by atoms with Gasteiger partial charge in [-0.15, -0.1) is 0 Å². The summed E-state index contributed by atoms with van der Waals surface area (Å²) in [6.07, 6.45) is 1.33. The third-order valence-corrected chi connectivity index (χ3v) is 3.03. The average Bonchev–Trinajstić information content (AvgIpc) is 2.39. The molecule has 20 heavy (non-hydrogen) atoms. The Labute approximate surface area is 117 Å². The zero-order chi connectivity index (χ0) is 14.7. The zero-order valence-electron chi connectivity index (χ0n) is 11.8. The van der Waals surface area contributed by atoms with Gasteiger partial charge < -0.3 is 9.88 Å². The molecule has 104 valence electrons. The van der Waals surface area contributed by atoms with Crippen molar-refractivity contribution in [3.05, 3.63) is 57.8 Å². The Hall–Kier alpha value is -2.43. The molecule has 0 aliphatic carbocycles. The van der Waals surface area contributed by atoms with Crippen LogP contribution in [0.5, 0.6) is 0 Å². The molecule has 0 fully saturated rings. The molecule has 0 saturated heterocycles. The van der Waals surface area contributed by atoms with E-state index < -0.39 is 5.56 Å². The van der Waals surface area contributed by atoms with E-state index in [0.29, 0.717) is 12.4 Å². The van der Waals surface area contributed by atoms with Gasteiger partial charge in [0.2, 0.25) is 0 Å². The predicted octanol–water partition coefficient (Wildman–Crippen LogP) is 2.05. The second-order valence-electron chi connectivity index (χ2n) is 4.60. The molecule has 1 amide bonds. The van der Waals surface area contributed by atoms with Crippen LogP contribution in [0.2, 0.25) is 0 Å². The first kappa shape index (κ1) is 14.0. The Kier molecular flexibility index (Phi) is 3.98. The summed E-state index contributed by atoms with van der Waals surface area (Å²) in [7, 11) is 0. The summed E-state index contributed by atoms with van der Waals surface area (Å²) in [6, 6.07) is 7.61. The van der Waals surface area contributed by atoms with Gasteiger partial charge in [-0.2, -0.15) is 0 Å². The number of aromatic amines is 1. The van der Waals surface area contributed by atoms with Crippen LogP contribution in [0.1, 0.15) is 28.7 Å². The molecule has 5 nitrogen and oxygen atoms in total. The summed E-state index contributed by atoms with van der Waals surface area (Å²) < 4.78 is 0. The molecule has 0 spiro atoms. The van der Waals surface area contributed by atoms with Gasteiger partial charge in [0.25, 0.3) is 11.5 Å². The fourth-order valence-corrected chi connectivity index (χ4v) is 2.02. The molecule has 0 saturated carbocycles. The number of rotatable bonds is 3. The van der Waals surface area contributed by atoms with E-state index in [2.05, 4.69) is 9.97 Å². The van der Waals surface area contributed by atoms with Crippen LogP contribution in [0.3, 0.4) is 0 Å². The second kappa shape index (κ2) is 5.69. The Bertz CT molecular complexity index is 692. The maximum atomic E-state index is 12.5. The highest BCUT2D eigenvalue weighted by molar-refractivity contribution is 6.05. The Morgan fingerprint density at radius 2 is 2.10 bits per heavy atom. The second-order valence-corrected chi connectivity index (χ2v) is 4.60. The molecule has 1 aromatic carbocycles. The van der Waals surface area contributed by atoms with Crippen molar-refractivity contribution in [2.24, 2.45) is 0 Å². The van der Waals surface area contributed by atoms with Crippen LogP contribution in [0.15, 0.2) is 35.3 Å². The third kappa shape index (κ3) is 2.77. The van der Waals surface area contributed by atoms with Gasteiger partial charge >= 0.3 is 0 Å². The predicted molar refractivity (Wildman–Crippen MR) is 78.1 cm³/mol. The number of aromatic nitrogens is 2. The van der Waals surface area contributed by atoms with Gasteiger partial charge in [-0.25, -0.2) is 4.98 Å². The molecule has 5 heteroatoms. The summed E-state index contributed by atoms with van der Waals surface area (Å²) in [6.45, 7) is 5.99. The average molecular weight is 271 g/mol. The number of anilines is 1. The fourth-order valence-electron chi connectivity index (χ4n) is 2.02. The van der Waals surface area contributed by atoms with E-state index in [1.165, 1.54) is 6.20 Å². The molecule has 2 aromatic rings. The van der Waals surface area contributed by atoms with Crippen LogP contribution in [0.25, 0.3) is 0 Å². The van der Waals surface area contributed by atoms with E-state index in [0.717, 1.165) is 11.3 Å². The van der Waals surface area contributed by atoms with E-state index >= 15 is 0 Å². The van der Waals surface area contributed by atoms with Crippen LogP contribution >= 0.6 is 0 Å². The molecule has 0 radical (unpaired) electrons. The molecule has 1 aromatic heterocycles. The maximum absolute atomic E-state index is 12.5. The SMILES string of the molecule is CCN(C(=O)c1cnc(C)[nH]c1=O)c1cccc(C)c1. The Morgan fingerprint density at radius 1 is 1.35 bits per heavy atom. The standard InChI is InChI=1S/C15H17N3O2/c1-4-18(12-7-5-6-10(2)8-12)15(20)13-9-16-11(3)17-14(13)19/h5-9H,4H2,1-3H3,(H,16,17,19). The molecule has 0 atom stereocenters. The summed E-state index contributed by atoms with van der Waals surface area (Å²) in [5.74, 6) is 0.150. The number of hydrogen-bond acceptors (Lipinski definition) is 3. The normalized spacial score (nSPS) is 10.3. The summed E-state index contributed by atoms with van der Waals surface area (Å²) >= 11 is 0. The van der Waals surface area contributed by atoms with E-state index in [-0.39, 0.29) is 11.5 Å². The summed E-state index contributed by atoms with van der Waals surface area (Å²) in [5, 5.41) is 0. The smallest absolute Gasteiger partial charge is 0.265 e. The molecule has 0 unspecified atom stereocenters. The van der Waals surface area contributed by atoms with Crippen molar-refractivity contribution in [2.75, 3.05) is 11.4 Å². The van der Waals surface area contributed by atoms with Crippen LogP contribution < -0.4 is 10.5 Å². The van der Waals surface area contributed by atoms with Gasteiger partial charge in [-0.1, -0.05) is 12.1 Å². The van der Waals surface area contributed by atoms with Crippen molar-refractivity contribution < 1.29 is 4.79 Å². The van der Waals surface area contributed by atoms with Crippen LogP contribution in [0, 0.1) is 13.8 Å². The number of hydrogen-bond donors (Lipinski definition) is 1. The lowest BCUT2D eigenvalue weighted by atomic mass is 10.2. The van der Waals surface area contributed by atoms with Crippen LogP contribution in [0.4, 0.5) is 5.69 Å². The van der Waals surface area contributed by atoms with Gasteiger partial charge in [0.05, 0.1) is 0 Å². The van der Waals surface area contributed by atoms with Gasteiger partial charge in [0.15, 0.2) is 0 Å². The first-order valence-corrected chi connectivity index (χ1v) is 6.47. The van der Waals surface area contributed by atoms with E-state index in [1.807, 2.05) is 38.1 Å². The van der Waals surface area contributed by atoms with E-state index in [9.17, 15) is 9.59 Å². The van der Waals surface area contributed by atoms with Crippen molar-refractivity contribution in [3.8, 4) is 0 Å². The highest BCUT2D eigenvalue weighted by Gasteiger charge is 2.19. The lowest BCUT2D eigenvalue weighted by molar-refractivity contribution is 0.0986. The number of aryl methyl sites for hydroxylation is 2. The van der Waals surface area contributed by atoms with Crippen LogP contribution in [-0.4, -0.2) is 22.4 Å². The minimum absolute atomic E-state index is 0.0546. The topological polar surface area (TPSA) is 66.1 Å². The molecular weight excluding hydrogens is 254 g/mol. The maximum Gasteiger partial charge on any atom is 0.265 e. The molecule has 1 N–H and O–H groups in total. The first-order chi connectivity index (χ1) is 9.52. The van der Waals surface area contributed by atoms with Crippen molar-refractivity contribution in [3.63, 3.8) is 0 Å². The molecule has 0 aliphatic heterocycles. The summed E-state index contributed by atoms with van der Waals surface area (Å²) in [5.41, 5.74) is 1.48. The highest BCUT2D eigenvalue weighted by Crippen LogP contribution is 2.17. The highest BCUT2D eigenvalue weighted by atomic mass is 16.2. The molecular formula is C15H17N3O2. The van der Waals surface area contributed by atoms with Gasteiger partial charge in [-0.05, 0) is 38.5 Å². The number of benzene rings is 1. The van der Waals surface area contributed by atoms with Crippen molar-refractivity contribution >= 4 is 11.6 Å². The first-order valence-electron chi connectivity index (χ1n) is 6.47. The zero-order valence-corrected chi connectivity index (χ0v) is 11.8. The number of amides is 1. The van der Waals surface area contributed by atoms with Crippen molar-refractivity contribution in [2.45, 2.75) is 20.8 Å². The van der Waals surface area contributed by atoms with E-state index in [4.69, 9.17) is 0 Å². The molecule has 1 heterocycles. The molecule has 0 bridgehead atoms. The summed E-state index contributed by atoms with van der Waals surface area (Å²) in [4.78, 5) is 32.4. The number of nitrogens with zero attached hydrogens (tertiary/aromatic N) is 2. The lowest BCUT2D eigenvalue weighted by Gasteiger charge is -2.21. The minimum Gasteiger partial charge on any atom is -0.310 e. The number of H-pyrrole nitrogens is 1. The molecule has 2 rings (SSSR count). The van der Waals surface area contributed by atoms with Crippen molar-refractivity contribution in [1.82, 2.24) is 9.97 Å². The van der Waals surface area contributed by atoms with Crippen LogP contribution in [-0.2, 0) is 0 Å². The Morgan fingerprint density at radius 3 is 2.70 bits per heavy atom. The van der Waals surface area contributed by atoms with E-state index in [1.54, 1.807) is 11.8 Å². The van der Waals surface area contributed by atoms with Gasteiger partial charge in [0.1, 0.15) is 11.4 Å². The monoisotopic (exact) mass is 271 g/mol. The third-order valence-electron chi connectivity index (χ3n) is 3.03. The minimum atomic E-state index is -0.409. The Balaban J connectivity index is 2.41.